The summed E-state index contributed by atoms with van der Waals surface area (Å²) >= 11 is 0. The van der Waals surface area contributed by atoms with Gasteiger partial charge in [0.15, 0.2) is 6.10 Å². The molecule has 0 aromatic carbocycles. The lowest BCUT2D eigenvalue weighted by molar-refractivity contribution is -0.167. The van der Waals surface area contributed by atoms with Gasteiger partial charge in [0, 0.05) is 19.3 Å². The van der Waals surface area contributed by atoms with E-state index in [0.717, 1.165) is 69.6 Å². The summed E-state index contributed by atoms with van der Waals surface area (Å²) < 4.78 is 16.6. The second kappa shape index (κ2) is 33.3. The number of rotatable bonds is 34. The van der Waals surface area contributed by atoms with Gasteiger partial charge in [-0.3, -0.25) is 14.4 Å². The summed E-state index contributed by atoms with van der Waals surface area (Å²) in [5, 5.41) is 0. The maximum Gasteiger partial charge on any atom is 0.306 e. The molecule has 0 N–H and O–H groups in total. The molecular formula is C40H76O6. The SMILES string of the molecule is CCCCCCCCCCCC(=O)O[C@@H](COC(=O)CCCCCCCCC(C)C)COC(=O)CCCCCCCCC(C)CC. The predicted octanol–water partition coefficient (Wildman–Crippen LogP) is 11.8. The molecule has 46 heavy (non-hydrogen) atoms. The van der Waals surface area contributed by atoms with Gasteiger partial charge in [0.25, 0.3) is 0 Å². The van der Waals surface area contributed by atoms with Crippen LogP contribution in [0.25, 0.3) is 0 Å². The maximum absolute atomic E-state index is 12.6. The highest BCUT2D eigenvalue weighted by Gasteiger charge is 2.19. The van der Waals surface area contributed by atoms with Gasteiger partial charge >= 0.3 is 17.9 Å². The zero-order chi connectivity index (χ0) is 34.1. The molecule has 6 heteroatoms. The topological polar surface area (TPSA) is 78.9 Å². The summed E-state index contributed by atoms with van der Waals surface area (Å²) in [6.45, 7) is 11.2. The van der Waals surface area contributed by atoms with Gasteiger partial charge in [0.05, 0.1) is 0 Å². The number of hydrogen-bond acceptors (Lipinski definition) is 6. The van der Waals surface area contributed by atoms with Crippen LogP contribution in [0.1, 0.15) is 208 Å². The van der Waals surface area contributed by atoms with Crippen molar-refractivity contribution in [1.82, 2.24) is 0 Å². The molecule has 6 nitrogen and oxygen atoms in total. The Kier molecular flexibility index (Phi) is 32.2. The smallest absolute Gasteiger partial charge is 0.306 e. The minimum absolute atomic E-state index is 0.0679. The van der Waals surface area contributed by atoms with Gasteiger partial charge < -0.3 is 14.2 Å². The Morgan fingerprint density at radius 1 is 0.457 bits per heavy atom. The molecule has 0 fully saturated rings. The molecule has 2 atom stereocenters. The van der Waals surface area contributed by atoms with E-state index in [1.165, 1.54) is 96.3 Å². The summed E-state index contributed by atoms with van der Waals surface area (Å²) in [5.41, 5.74) is 0. The molecule has 0 amide bonds. The largest absolute Gasteiger partial charge is 0.462 e. The quantitative estimate of drug-likeness (QED) is 0.0391. The zero-order valence-corrected chi connectivity index (χ0v) is 31.2. The van der Waals surface area contributed by atoms with E-state index < -0.39 is 6.10 Å². The Labute approximate surface area is 285 Å². The highest BCUT2D eigenvalue weighted by Crippen LogP contribution is 2.16. The van der Waals surface area contributed by atoms with Gasteiger partial charge in [-0.15, -0.1) is 0 Å². The van der Waals surface area contributed by atoms with Crippen molar-refractivity contribution in [1.29, 1.82) is 0 Å². The Balaban J connectivity index is 4.38. The average molecular weight is 653 g/mol. The standard InChI is InChI=1S/C40H76O6/c1-6-8-9-10-11-12-13-22-27-32-40(43)46-37(33-44-38(41)30-25-20-16-14-18-23-28-35(3)4)34-45-39(42)31-26-21-17-15-19-24-29-36(5)7-2/h35-37H,6-34H2,1-5H3/t36?,37-/m0/s1. The van der Waals surface area contributed by atoms with Crippen molar-refractivity contribution in [2.45, 2.75) is 214 Å². The van der Waals surface area contributed by atoms with Gasteiger partial charge in [-0.05, 0) is 31.1 Å². The van der Waals surface area contributed by atoms with Crippen LogP contribution in [0.15, 0.2) is 0 Å². The average Bonchev–Trinajstić information content (AvgIpc) is 3.03. The highest BCUT2D eigenvalue weighted by atomic mass is 16.6. The molecule has 0 aliphatic heterocycles. The van der Waals surface area contributed by atoms with Crippen molar-refractivity contribution in [3.8, 4) is 0 Å². The van der Waals surface area contributed by atoms with E-state index in [1.807, 2.05) is 0 Å². The lowest BCUT2D eigenvalue weighted by atomic mass is 10.00. The third-order valence-corrected chi connectivity index (χ3v) is 9.08. The lowest BCUT2D eigenvalue weighted by Gasteiger charge is -2.18. The molecule has 0 aliphatic carbocycles. The molecular weight excluding hydrogens is 576 g/mol. The van der Waals surface area contributed by atoms with E-state index in [9.17, 15) is 14.4 Å². The summed E-state index contributed by atoms with van der Waals surface area (Å²) in [6, 6.07) is 0. The van der Waals surface area contributed by atoms with Crippen LogP contribution >= 0.6 is 0 Å². The molecule has 0 rings (SSSR count). The monoisotopic (exact) mass is 653 g/mol. The van der Waals surface area contributed by atoms with Crippen LogP contribution in [0.4, 0.5) is 0 Å². The Morgan fingerprint density at radius 2 is 0.826 bits per heavy atom. The number of carbonyl (C=O) groups is 3. The third-order valence-electron chi connectivity index (χ3n) is 9.08. The number of ether oxygens (including phenoxy) is 3. The normalized spacial score (nSPS) is 12.7. The molecule has 0 aromatic heterocycles. The molecule has 0 radical (unpaired) electrons. The van der Waals surface area contributed by atoms with E-state index in [0.29, 0.717) is 19.3 Å². The van der Waals surface area contributed by atoms with Crippen molar-refractivity contribution in [3.05, 3.63) is 0 Å². The predicted molar refractivity (Wildman–Crippen MR) is 192 cm³/mol. The highest BCUT2D eigenvalue weighted by molar-refractivity contribution is 5.71. The van der Waals surface area contributed by atoms with Crippen LogP contribution in [0.5, 0.6) is 0 Å². The van der Waals surface area contributed by atoms with Crippen LogP contribution in [-0.2, 0) is 28.6 Å². The van der Waals surface area contributed by atoms with Crippen LogP contribution in [0.3, 0.4) is 0 Å². The first kappa shape index (κ1) is 44.4. The molecule has 0 saturated heterocycles. The van der Waals surface area contributed by atoms with E-state index in [1.54, 1.807) is 0 Å². The fourth-order valence-corrected chi connectivity index (χ4v) is 5.66. The Morgan fingerprint density at radius 3 is 1.24 bits per heavy atom. The zero-order valence-electron chi connectivity index (χ0n) is 31.2. The minimum Gasteiger partial charge on any atom is -0.462 e. The molecule has 1 unspecified atom stereocenters. The van der Waals surface area contributed by atoms with Crippen LogP contribution < -0.4 is 0 Å². The molecule has 0 spiro atoms. The second-order valence-electron chi connectivity index (χ2n) is 14.3. The second-order valence-corrected chi connectivity index (χ2v) is 14.3. The molecule has 0 aliphatic rings. The summed E-state index contributed by atoms with van der Waals surface area (Å²) in [5.74, 6) is 0.702. The molecule has 0 bridgehead atoms. The number of carbonyl (C=O) groups excluding carboxylic acids is 3. The summed E-state index contributed by atoms with van der Waals surface area (Å²) in [4.78, 5) is 37.4. The summed E-state index contributed by atoms with van der Waals surface area (Å²) in [7, 11) is 0. The van der Waals surface area contributed by atoms with Gasteiger partial charge in [0.1, 0.15) is 13.2 Å². The molecule has 0 heterocycles. The molecule has 0 aromatic rings. The first-order valence-corrected chi connectivity index (χ1v) is 19.8. The number of unbranched alkanes of at least 4 members (excludes halogenated alkanes) is 18. The van der Waals surface area contributed by atoms with E-state index in [-0.39, 0.29) is 31.1 Å². The minimum atomic E-state index is -0.759. The van der Waals surface area contributed by atoms with Crippen molar-refractivity contribution < 1.29 is 28.6 Å². The van der Waals surface area contributed by atoms with Gasteiger partial charge in [0.2, 0.25) is 0 Å². The van der Waals surface area contributed by atoms with Crippen LogP contribution in [0.2, 0.25) is 0 Å². The van der Waals surface area contributed by atoms with Crippen LogP contribution in [0, 0.1) is 11.8 Å². The first-order valence-electron chi connectivity index (χ1n) is 19.8. The van der Waals surface area contributed by atoms with Gasteiger partial charge in [-0.25, -0.2) is 0 Å². The van der Waals surface area contributed by atoms with E-state index >= 15 is 0 Å². The number of esters is 3. The Bertz CT molecular complexity index is 706. The van der Waals surface area contributed by atoms with Gasteiger partial charge in [-0.2, -0.15) is 0 Å². The van der Waals surface area contributed by atoms with Crippen molar-refractivity contribution in [3.63, 3.8) is 0 Å². The molecule has 0 saturated carbocycles. The number of hydrogen-bond donors (Lipinski definition) is 0. The third kappa shape index (κ3) is 32.4. The lowest BCUT2D eigenvalue weighted by Crippen LogP contribution is -2.30. The fourth-order valence-electron chi connectivity index (χ4n) is 5.66. The van der Waals surface area contributed by atoms with Crippen molar-refractivity contribution in [2.24, 2.45) is 11.8 Å². The van der Waals surface area contributed by atoms with E-state index in [2.05, 4.69) is 34.6 Å². The molecule has 272 valence electrons. The van der Waals surface area contributed by atoms with Gasteiger partial charge in [-0.1, -0.05) is 169 Å². The Hall–Kier alpha value is -1.59. The summed E-state index contributed by atoms with van der Waals surface area (Å²) in [6.07, 6.45) is 28.2. The first-order chi connectivity index (χ1) is 22.3. The van der Waals surface area contributed by atoms with Crippen molar-refractivity contribution in [2.75, 3.05) is 13.2 Å². The van der Waals surface area contributed by atoms with Crippen molar-refractivity contribution >= 4 is 17.9 Å². The van der Waals surface area contributed by atoms with E-state index in [4.69, 9.17) is 14.2 Å². The fraction of sp³-hybridized carbons (Fsp3) is 0.925. The van der Waals surface area contributed by atoms with Crippen LogP contribution in [-0.4, -0.2) is 37.2 Å². The maximum atomic E-state index is 12.6.